The number of ether oxygens (including phenoxy) is 2. The van der Waals surface area contributed by atoms with Crippen LogP contribution in [0.25, 0.3) is 0 Å². The number of benzene rings is 1. The summed E-state index contributed by atoms with van der Waals surface area (Å²) in [6.45, 7) is 7.31. The molecule has 0 unspecified atom stereocenters. The first-order chi connectivity index (χ1) is 12.4. The maximum Gasteiger partial charge on any atom is 0.188 e. The van der Waals surface area contributed by atoms with Gasteiger partial charge in [0.05, 0.1) is 4.47 Å². The van der Waals surface area contributed by atoms with Crippen LogP contribution in [0, 0.1) is 17.8 Å². The van der Waals surface area contributed by atoms with Crippen molar-refractivity contribution < 1.29 is 9.47 Å². The van der Waals surface area contributed by atoms with Crippen molar-refractivity contribution in [2.45, 2.75) is 76.5 Å². The molecule has 4 fully saturated rings. The topological polar surface area (TPSA) is 18.5 Å². The summed E-state index contributed by atoms with van der Waals surface area (Å²) in [5.74, 6) is 3.82. The maximum absolute atomic E-state index is 6.14. The van der Waals surface area contributed by atoms with Crippen LogP contribution in [0.5, 0.6) is 5.75 Å². The van der Waals surface area contributed by atoms with Crippen molar-refractivity contribution in [3.05, 3.63) is 27.7 Å². The monoisotopic (exact) mass is 420 g/mol. The molecule has 5 rings (SSSR count). The average Bonchev–Trinajstić information content (AvgIpc) is 2.59. The summed E-state index contributed by atoms with van der Waals surface area (Å²) >= 11 is 3.85. The molecule has 0 N–H and O–H groups in total. The molecule has 1 aromatic carbocycles. The normalized spacial score (nSPS) is 32.9. The van der Waals surface area contributed by atoms with Gasteiger partial charge in [0, 0.05) is 12.7 Å². The van der Waals surface area contributed by atoms with Crippen LogP contribution in [0.3, 0.4) is 0 Å². The highest BCUT2D eigenvalue weighted by molar-refractivity contribution is 9.10. The minimum atomic E-state index is 0.180. The molecule has 4 aliphatic carbocycles. The van der Waals surface area contributed by atoms with E-state index in [4.69, 9.17) is 9.47 Å². The fourth-order valence-electron chi connectivity index (χ4n) is 6.29. The number of rotatable bonds is 6. The zero-order valence-electron chi connectivity index (χ0n) is 16.7. The van der Waals surface area contributed by atoms with Crippen LogP contribution in [0.2, 0.25) is 0 Å². The lowest BCUT2D eigenvalue weighted by Gasteiger charge is -2.57. The second kappa shape index (κ2) is 6.81. The van der Waals surface area contributed by atoms with Gasteiger partial charge in [-0.1, -0.05) is 26.8 Å². The zero-order valence-corrected chi connectivity index (χ0v) is 18.3. The Morgan fingerprint density at radius 3 is 2.15 bits per heavy atom. The molecule has 3 heteroatoms. The van der Waals surface area contributed by atoms with Gasteiger partial charge in [0.25, 0.3) is 0 Å². The van der Waals surface area contributed by atoms with Gasteiger partial charge in [-0.25, -0.2) is 0 Å². The Kier molecular flexibility index (Phi) is 4.93. The minimum Gasteiger partial charge on any atom is -0.466 e. The Morgan fingerprint density at radius 2 is 1.65 bits per heavy atom. The second-order valence-corrected chi connectivity index (χ2v) is 10.7. The van der Waals surface area contributed by atoms with Crippen molar-refractivity contribution >= 4 is 15.9 Å². The van der Waals surface area contributed by atoms with E-state index in [9.17, 15) is 0 Å². The highest BCUT2D eigenvalue weighted by Gasteiger charge is 2.52. The molecule has 0 radical (unpaired) electrons. The standard InChI is InChI=1S/C23H33BrO2/c1-5-22(2,3)18-9-19(21(20(24)10-18)26-14-25-4)23-11-15-6-16(12-23)8-17(7-15)13-23/h9-10,15-17H,5-8,11-14H2,1-4H3. The molecule has 0 saturated heterocycles. The van der Waals surface area contributed by atoms with Crippen molar-refractivity contribution in [3.8, 4) is 5.75 Å². The SMILES string of the molecule is CCC(C)(C)c1cc(Br)c(OCOC)c(C23CC4CC(CC(C4)C2)C3)c1. The molecule has 0 aromatic heterocycles. The summed E-state index contributed by atoms with van der Waals surface area (Å²) < 4.78 is 12.5. The summed E-state index contributed by atoms with van der Waals surface area (Å²) in [6, 6.07) is 4.77. The molecule has 0 spiro atoms. The van der Waals surface area contributed by atoms with E-state index in [1.165, 1.54) is 49.7 Å². The van der Waals surface area contributed by atoms with Gasteiger partial charge in [-0.05, 0) is 101 Å². The summed E-state index contributed by atoms with van der Waals surface area (Å²) in [5, 5.41) is 0. The molecule has 0 amide bonds. The third kappa shape index (κ3) is 3.13. The van der Waals surface area contributed by atoms with Crippen molar-refractivity contribution in [1.29, 1.82) is 0 Å². The largest absolute Gasteiger partial charge is 0.466 e. The molecule has 0 atom stereocenters. The number of methoxy groups -OCH3 is 1. The van der Waals surface area contributed by atoms with Crippen LogP contribution in [0.15, 0.2) is 16.6 Å². The number of halogens is 1. The molecule has 144 valence electrons. The van der Waals surface area contributed by atoms with Crippen LogP contribution >= 0.6 is 15.9 Å². The van der Waals surface area contributed by atoms with E-state index in [0.717, 1.165) is 34.4 Å². The first kappa shape index (κ1) is 18.8. The molecule has 2 nitrogen and oxygen atoms in total. The Morgan fingerprint density at radius 1 is 1.08 bits per heavy atom. The summed E-state index contributed by atoms with van der Waals surface area (Å²) in [6.07, 6.45) is 9.59. The third-order valence-corrected chi connectivity index (χ3v) is 8.23. The Bertz CT molecular complexity index is 644. The number of hydrogen-bond acceptors (Lipinski definition) is 2. The van der Waals surface area contributed by atoms with Gasteiger partial charge >= 0.3 is 0 Å². The first-order valence-electron chi connectivity index (χ1n) is 10.3. The third-order valence-electron chi connectivity index (χ3n) is 7.64. The van der Waals surface area contributed by atoms with Crippen molar-refractivity contribution in [3.63, 3.8) is 0 Å². The van der Waals surface area contributed by atoms with Gasteiger partial charge in [0.2, 0.25) is 0 Å². The first-order valence-corrected chi connectivity index (χ1v) is 11.1. The molecule has 0 aliphatic heterocycles. The minimum absolute atomic E-state index is 0.180. The highest BCUT2D eigenvalue weighted by Crippen LogP contribution is 2.62. The Hall–Kier alpha value is -0.540. The molecule has 4 aliphatic rings. The zero-order chi connectivity index (χ0) is 18.5. The van der Waals surface area contributed by atoms with Crippen LogP contribution in [-0.2, 0) is 15.6 Å². The van der Waals surface area contributed by atoms with Crippen LogP contribution in [0.1, 0.15) is 76.8 Å². The van der Waals surface area contributed by atoms with E-state index in [0.29, 0.717) is 12.2 Å². The maximum atomic E-state index is 6.14. The molecule has 0 heterocycles. The van der Waals surface area contributed by atoms with Gasteiger partial charge in [0.1, 0.15) is 5.75 Å². The van der Waals surface area contributed by atoms with E-state index in [1.807, 2.05) is 0 Å². The van der Waals surface area contributed by atoms with Crippen molar-refractivity contribution in [1.82, 2.24) is 0 Å². The van der Waals surface area contributed by atoms with Crippen LogP contribution < -0.4 is 4.74 Å². The summed E-state index contributed by atoms with van der Waals surface area (Å²) in [4.78, 5) is 0. The van der Waals surface area contributed by atoms with E-state index < -0.39 is 0 Å². The Labute approximate surface area is 167 Å². The smallest absolute Gasteiger partial charge is 0.188 e. The van der Waals surface area contributed by atoms with E-state index >= 15 is 0 Å². The van der Waals surface area contributed by atoms with Gasteiger partial charge in [-0.15, -0.1) is 0 Å². The Balaban J connectivity index is 1.82. The second-order valence-electron chi connectivity index (χ2n) is 9.82. The van der Waals surface area contributed by atoms with E-state index in [-0.39, 0.29) is 5.41 Å². The van der Waals surface area contributed by atoms with Gasteiger partial charge in [-0.2, -0.15) is 0 Å². The van der Waals surface area contributed by atoms with E-state index in [2.05, 4.69) is 48.8 Å². The predicted octanol–water partition coefficient (Wildman–Crippen LogP) is 6.59. The molecular formula is C23H33BrO2. The average molecular weight is 421 g/mol. The molecule has 4 bridgehead atoms. The quantitative estimate of drug-likeness (QED) is 0.483. The van der Waals surface area contributed by atoms with Gasteiger partial charge in [0.15, 0.2) is 6.79 Å². The predicted molar refractivity (Wildman–Crippen MR) is 110 cm³/mol. The summed E-state index contributed by atoms with van der Waals surface area (Å²) in [7, 11) is 1.70. The van der Waals surface area contributed by atoms with Gasteiger partial charge < -0.3 is 9.47 Å². The van der Waals surface area contributed by atoms with E-state index in [1.54, 1.807) is 7.11 Å². The summed E-state index contributed by atoms with van der Waals surface area (Å²) in [5.41, 5.74) is 3.39. The lowest BCUT2D eigenvalue weighted by molar-refractivity contribution is -0.00900. The lowest BCUT2D eigenvalue weighted by Crippen LogP contribution is -2.48. The molecule has 4 saturated carbocycles. The highest BCUT2D eigenvalue weighted by atomic mass is 79.9. The molecule has 26 heavy (non-hydrogen) atoms. The number of hydrogen-bond donors (Lipinski definition) is 0. The van der Waals surface area contributed by atoms with Crippen LogP contribution in [-0.4, -0.2) is 13.9 Å². The molecule has 1 aromatic rings. The van der Waals surface area contributed by atoms with Crippen LogP contribution in [0.4, 0.5) is 0 Å². The van der Waals surface area contributed by atoms with Crippen molar-refractivity contribution in [2.24, 2.45) is 17.8 Å². The molecular weight excluding hydrogens is 388 g/mol. The fourth-order valence-corrected chi connectivity index (χ4v) is 6.86. The van der Waals surface area contributed by atoms with Crippen molar-refractivity contribution in [2.75, 3.05) is 13.9 Å². The van der Waals surface area contributed by atoms with Gasteiger partial charge in [-0.3, -0.25) is 0 Å². The lowest BCUT2D eigenvalue weighted by atomic mass is 9.48. The fraction of sp³-hybridized carbons (Fsp3) is 0.739.